The lowest BCUT2D eigenvalue weighted by Crippen LogP contribution is -2.50. The fourth-order valence-electron chi connectivity index (χ4n) is 3.28. The van der Waals surface area contributed by atoms with Crippen LogP contribution in [0.2, 0.25) is 0 Å². The van der Waals surface area contributed by atoms with Crippen molar-refractivity contribution >= 4 is 15.9 Å². The molecule has 26 heavy (non-hydrogen) atoms. The highest BCUT2D eigenvalue weighted by Gasteiger charge is 2.30. The van der Waals surface area contributed by atoms with Gasteiger partial charge in [0.25, 0.3) is 0 Å². The van der Waals surface area contributed by atoms with Crippen molar-refractivity contribution in [1.29, 1.82) is 0 Å². The van der Waals surface area contributed by atoms with Crippen LogP contribution in [0.4, 0.5) is 0 Å². The lowest BCUT2D eigenvalue weighted by atomic mass is 10.0. The number of aryl methyl sites for hydroxylation is 1. The lowest BCUT2D eigenvalue weighted by Gasteiger charge is -2.31. The molecule has 0 unspecified atom stereocenters. The maximum atomic E-state index is 12.9. The Hall–Kier alpha value is -1.60. The number of methoxy groups -OCH3 is 1. The number of amides is 1. The number of ether oxygens (including phenoxy) is 1. The third-order valence-electron chi connectivity index (χ3n) is 4.65. The molecule has 0 aromatic heterocycles. The van der Waals surface area contributed by atoms with Crippen molar-refractivity contribution in [3.05, 3.63) is 23.8 Å². The van der Waals surface area contributed by atoms with Gasteiger partial charge in [0.15, 0.2) is 0 Å². The number of nitrogens with one attached hydrogen (secondary N) is 1. The molecule has 0 radical (unpaired) electrons. The molecule has 2 rings (SSSR count). The van der Waals surface area contributed by atoms with E-state index < -0.39 is 16.1 Å². The molecule has 1 heterocycles. The first-order valence-corrected chi connectivity index (χ1v) is 10.7. The first kappa shape index (κ1) is 20.7. The number of carbonyl (C=O) groups is 1. The molecule has 1 atom stereocenters. The molecule has 0 bridgehead atoms. The molecule has 0 aliphatic carbocycles. The Bertz CT molecular complexity index is 725. The topological polar surface area (TPSA) is 75.7 Å². The highest BCUT2D eigenvalue weighted by molar-refractivity contribution is 7.89. The molecule has 1 aliphatic rings. The monoisotopic (exact) mass is 382 g/mol. The minimum Gasteiger partial charge on any atom is -0.496 e. The predicted molar refractivity (Wildman–Crippen MR) is 102 cm³/mol. The molecular formula is C19H30N2O4S. The summed E-state index contributed by atoms with van der Waals surface area (Å²) in [5, 5.41) is 0. The maximum Gasteiger partial charge on any atom is 0.241 e. The number of rotatable bonds is 7. The quantitative estimate of drug-likeness (QED) is 0.787. The zero-order valence-corrected chi connectivity index (χ0v) is 16.9. The van der Waals surface area contributed by atoms with Crippen LogP contribution in [-0.2, 0) is 14.8 Å². The van der Waals surface area contributed by atoms with E-state index in [4.69, 9.17) is 4.74 Å². The minimum absolute atomic E-state index is 0.118. The van der Waals surface area contributed by atoms with Gasteiger partial charge < -0.3 is 9.64 Å². The van der Waals surface area contributed by atoms with E-state index in [0.29, 0.717) is 25.3 Å². The Kier molecular flexibility index (Phi) is 7.06. The van der Waals surface area contributed by atoms with Gasteiger partial charge in [0.2, 0.25) is 15.9 Å². The number of hydrogen-bond donors (Lipinski definition) is 1. The van der Waals surface area contributed by atoms with Gasteiger partial charge in [0, 0.05) is 13.1 Å². The van der Waals surface area contributed by atoms with Gasteiger partial charge in [0.1, 0.15) is 11.8 Å². The van der Waals surface area contributed by atoms with Crippen LogP contribution in [0.15, 0.2) is 23.1 Å². The van der Waals surface area contributed by atoms with Gasteiger partial charge in [-0.2, -0.15) is 4.72 Å². The Morgan fingerprint density at radius 2 is 1.88 bits per heavy atom. The van der Waals surface area contributed by atoms with E-state index in [1.807, 2.05) is 13.8 Å². The van der Waals surface area contributed by atoms with Crippen molar-refractivity contribution in [1.82, 2.24) is 9.62 Å². The molecule has 0 saturated carbocycles. The van der Waals surface area contributed by atoms with Crippen molar-refractivity contribution < 1.29 is 17.9 Å². The van der Waals surface area contributed by atoms with E-state index in [-0.39, 0.29) is 16.7 Å². The van der Waals surface area contributed by atoms with Gasteiger partial charge in [-0.05, 0) is 62.3 Å². The molecule has 1 saturated heterocycles. The van der Waals surface area contributed by atoms with Gasteiger partial charge in [-0.15, -0.1) is 0 Å². The van der Waals surface area contributed by atoms with Gasteiger partial charge in [-0.1, -0.05) is 13.8 Å². The van der Waals surface area contributed by atoms with Crippen molar-refractivity contribution in [2.75, 3.05) is 20.2 Å². The van der Waals surface area contributed by atoms with Gasteiger partial charge in [0.05, 0.1) is 12.0 Å². The Morgan fingerprint density at radius 1 is 1.23 bits per heavy atom. The van der Waals surface area contributed by atoms with E-state index in [1.165, 1.54) is 6.07 Å². The molecule has 1 aromatic rings. The highest BCUT2D eigenvalue weighted by Crippen LogP contribution is 2.22. The van der Waals surface area contributed by atoms with Crippen molar-refractivity contribution in [2.24, 2.45) is 5.92 Å². The summed E-state index contributed by atoms with van der Waals surface area (Å²) in [4.78, 5) is 14.8. The van der Waals surface area contributed by atoms with Crippen LogP contribution in [-0.4, -0.2) is 45.5 Å². The highest BCUT2D eigenvalue weighted by atomic mass is 32.2. The van der Waals surface area contributed by atoms with Crippen LogP contribution in [0, 0.1) is 12.8 Å². The van der Waals surface area contributed by atoms with Gasteiger partial charge >= 0.3 is 0 Å². The summed E-state index contributed by atoms with van der Waals surface area (Å²) in [6.07, 6.45) is 3.55. The van der Waals surface area contributed by atoms with Crippen LogP contribution in [0.3, 0.4) is 0 Å². The van der Waals surface area contributed by atoms with E-state index >= 15 is 0 Å². The summed E-state index contributed by atoms with van der Waals surface area (Å²) in [6.45, 7) is 7.18. The molecular weight excluding hydrogens is 352 g/mol. The number of nitrogens with zero attached hydrogens (tertiary/aromatic N) is 1. The number of hydrogen-bond acceptors (Lipinski definition) is 4. The fraction of sp³-hybridized carbons (Fsp3) is 0.632. The molecule has 146 valence electrons. The molecule has 7 heteroatoms. The van der Waals surface area contributed by atoms with Crippen molar-refractivity contribution in [3.8, 4) is 5.75 Å². The summed E-state index contributed by atoms with van der Waals surface area (Å²) < 4.78 is 33.5. The number of carbonyl (C=O) groups excluding carboxylic acids is 1. The SMILES string of the molecule is COc1ccc(S(=O)(=O)N[C@@H](CC(C)C)C(=O)N2CCCCC2)cc1C. The predicted octanol–water partition coefficient (Wildman–Crippen LogP) is 2.71. The number of piperidine rings is 1. The van der Waals surface area contributed by atoms with Gasteiger partial charge in [-0.25, -0.2) is 8.42 Å². The van der Waals surface area contributed by atoms with E-state index in [9.17, 15) is 13.2 Å². The second kappa shape index (κ2) is 8.86. The molecule has 1 aromatic carbocycles. The van der Waals surface area contributed by atoms with Gasteiger partial charge in [-0.3, -0.25) is 4.79 Å². The summed E-state index contributed by atoms with van der Waals surface area (Å²) in [7, 11) is -2.24. The zero-order valence-electron chi connectivity index (χ0n) is 16.1. The summed E-state index contributed by atoms with van der Waals surface area (Å²) in [5.41, 5.74) is 0.734. The second-order valence-corrected chi connectivity index (χ2v) is 9.03. The van der Waals surface area contributed by atoms with E-state index in [1.54, 1.807) is 31.1 Å². The minimum atomic E-state index is -3.79. The number of benzene rings is 1. The van der Waals surface area contributed by atoms with Crippen molar-refractivity contribution in [2.45, 2.75) is 57.4 Å². The smallest absolute Gasteiger partial charge is 0.241 e. The fourth-order valence-corrected chi connectivity index (χ4v) is 4.57. The molecule has 1 fully saturated rings. The Labute approximate surface area is 157 Å². The maximum absolute atomic E-state index is 12.9. The van der Waals surface area contributed by atoms with Crippen molar-refractivity contribution in [3.63, 3.8) is 0 Å². The van der Waals surface area contributed by atoms with E-state index in [2.05, 4.69) is 4.72 Å². The third kappa shape index (κ3) is 5.20. The third-order valence-corrected chi connectivity index (χ3v) is 6.12. The lowest BCUT2D eigenvalue weighted by molar-refractivity contribution is -0.134. The van der Waals surface area contributed by atoms with Crippen LogP contribution < -0.4 is 9.46 Å². The first-order valence-electron chi connectivity index (χ1n) is 9.20. The van der Waals surface area contributed by atoms with E-state index in [0.717, 1.165) is 24.8 Å². The molecule has 6 nitrogen and oxygen atoms in total. The normalized spacial score (nSPS) is 16.6. The summed E-state index contributed by atoms with van der Waals surface area (Å²) in [5.74, 6) is 0.716. The molecule has 1 N–H and O–H groups in total. The second-order valence-electron chi connectivity index (χ2n) is 7.32. The molecule has 0 spiro atoms. The zero-order chi connectivity index (χ0) is 19.3. The molecule has 1 amide bonds. The first-order chi connectivity index (χ1) is 12.2. The Morgan fingerprint density at radius 3 is 2.42 bits per heavy atom. The van der Waals surface area contributed by atoms with Crippen LogP contribution in [0.1, 0.15) is 45.1 Å². The largest absolute Gasteiger partial charge is 0.496 e. The average Bonchev–Trinajstić information content (AvgIpc) is 2.60. The number of sulfonamides is 1. The number of likely N-dealkylation sites (tertiary alicyclic amines) is 1. The van der Waals surface area contributed by atoms with Crippen LogP contribution in [0.25, 0.3) is 0 Å². The average molecular weight is 383 g/mol. The standard InChI is InChI=1S/C19H30N2O4S/c1-14(2)12-17(19(22)21-10-6-5-7-11-21)20-26(23,24)16-8-9-18(25-4)15(3)13-16/h8-9,13-14,17,20H,5-7,10-12H2,1-4H3/t17-/m0/s1. The van der Waals surface area contributed by atoms with Crippen LogP contribution in [0.5, 0.6) is 5.75 Å². The summed E-state index contributed by atoms with van der Waals surface area (Å²) >= 11 is 0. The van der Waals surface area contributed by atoms with Crippen LogP contribution >= 0.6 is 0 Å². The Balaban J connectivity index is 2.22. The summed E-state index contributed by atoms with van der Waals surface area (Å²) in [6, 6.07) is 3.97. The molecule has 1 aliphatic heterocycles.